The minimum Gasteiger partial charge on any atom is -0.387 e. The molecule has 1 aliphatic heterocycles. The molecular formula is C45H30N2. The van der Waals surface area contributed by atoms with Crippen LogP contribution in [0.5, 0.6) is 0 Å². The second-order valence-electron chi connectivity index (χ2n) is 12.6. The predicted molar refractivity (Wildman–Crippen MR) is 201 cm³/mol. The van der Waals surface area contributed by atoms with Gasteiger partial charge in [-0.25, -0.2) is 0 Å². The van der Waals surface area contributed by atoms with Crippen molar-refractivity contribution in [1.82, 2.24) is 9.88 Å². The first-order valence-electron chi connectivity index (χ1n) is 16.3. The zero-order chi connectivity index (χ0) is 30.9. The summed E-state index contributed by atoms with van der Waals surface area (Å²) in [5.74, 6) is 0. The van der Waals surface area contributed by atoms with E-state index in [1.807, 2.05) is 6.20 Å². The van der Waals surface area contributed by atoms with Crippen LogP contribution in [0.2, 0.25) is 0 Å². The Hall–Kier alpha value is -6.12. The van der Waals surface area contributed by atoms with Gasteiger partial charge in [-0.15, -0.1) is 0 Å². The average molecular weight is 599 g/mol. The van der Waals surface area contributed by atoms with Gasteiger partial charge in [0.05, 0.1) is 11.0 Å². The molecule has 0 radical (unpaired) electrons. The van der Waals surface area contributed by atoms with Gasteiger partial charge in [-0.3, -0.25) is 0 Å². The van der Waals surface area contributed by atoms with Crippen molar-refractivity contribution in [2.45, 2.75) is 0 Å². The van der Waals surface area contributed by atoms with Crippen molar-refractivity contribution in [1.29, 1.82) is 0 Å². The number of hydrogen-bond donors (Lipinski definition) is 1. The Bertz CT molecular complexity index is 2790. The highest BCUT2D eigenvalue weighted by Crippen LogP contribution is 2.41. The Labute approximate surface area is 272 Å². The molecule has 8 aromatic carbocycles. The minimum absolute atomic E-state index is 0.855. The lowest BCUT2D eigenvalue weighted by atomic mass is 9.93. The maximum Gasteiger partial charge on any atom is 0.0619 e. The molecule has 2 heterocycles. The molecule has 2 nitrogen and oxygen atoms in total. The lowest BCUT2D eigenvalue weighted by Gasteiger charge is -2.14. The van der Waals surface area contributed by atoms with E-state index in [1.165, 1.54) is 92.8 Å². The molecule has 1 N–H and O–H groups in total. The van der Waals surface area contributed by atoms with Crippen molar-refractivity contribution in [3.63, 3.8) is 0 Å². The lowest BCUT2D eigenvalue weighted by Crippen LogP contribution is -2.08. The van der Waals surface area contributed by atoms with Crippen LogP contribution in [0.3, 0.4) is 0 Å². The van der Waals surface area contributed by atoms with E-state index in [0.717, 1.165) is 6.54 Å². The summed E-state index contributed by atoms with van der Waals surface area (Å²) >= 11 is 0. The molecule has 0 atom stereocenters. The quantitative estimate of drug-likeness (QED) is 0.200. The van der Waals surface area contributed by atoms with E-state index in [4.69, 9.17) is 0 Å². The zero-order valence-corrected chi connectivity index (χ0v) is 25.7. The van der Waals surface area contributed by atoms with Gasteiger partial charge < -0.3 is 9.88 Å². The van der Waals surface area contributed by atoms with Gasteiger partial charge in [0, 0.05) is 28.4 Å². The number of fused-ring (bicyclic) bond motifs is 9. The zero-order valence-electron chi connectivity index (χ0n) is 25.7. The summed E-state index contributed by atoms with van der Waals surface area (Å²) in [5, 5.41) is 15.9. The van der Waals surface area contributed by atoms with Crippen LogP contribution in [0.15, 0.2) is 164 Å². The molecule has 220 valence electrons. The largest absolute Gasteiger partial charge is 0.387 e. The third-order valence-corrected chi connectivity index (χ3v) is 9.97. The Morgan fingerprint density at radius 1 is 0.468 bits per heavy atom. The van der Waals surface area contributed by atoms with E-state index in [0.29, 0.717) is 0 Å². The topological polar surface area (TPSA) is 17.0 Å². The minimum atomic E-state index is 0.855. The molecule has 0 unspecified atom stereocenters. The highest BCUT2D eigenvalue weighted by Gasteiger charge is 2.18. The molecule has 10 rings (SSSR count). The molecule has 0 spiro atoms. The normalized spacial score (nSPS) is 13.2. The molecule has 0 saturated carbocycles. The first-order valence-corrected chi connectivity index (χ1v) is 16.3. The number of rotatable bonds is 3. The molecule has 9 aromatic rings. The Morgan fingerprint density at radius 2 is 1.17 bits per heavy atom. The second kappa shape index (κ2) is 10.2. The van der Waals surface area contributed by atoms with Crippen molar-refractivity contribution in [3.05, 3.63) is 170 Å². The maximum atomic E-state index is 3.27. The first-order chi connectivity index (χ1) is 23.3. The van der Waals surface area contributed by atoms with Gasteiger partial charge in [-0.2, -0.15) is 0 Å². The summed E-state index contributed by atoms with van der Waals surface area (Å²) in [6.07, 6.45) is 6.45. The van der Waals surface area contributed by atoms with E-state index in [1.54, 1.807) is 0 Å². The smallest absolute Gasteiger partial charge is 0.0619 e. The van der Waals surface area contributed by atoms with E-state index < -0.39 is 0 Å². The number of benzene rings is 8. The van der Waals surface area contributed by atoms with Crippen molar-refractivity contribution in [3.8, 4) is 16.8 Å². The van der Waals surface area contributed by atoms with Crippen LogP contribution in [-0.4, -0.2) is 11.1 Å². The third kappa shape index (κ3) is 4.05. The lowest BCUT2D eigenvalue weighted by molar-refractivity contribution is 0.976. The van der Waals surface area contributed by atoms with Gasteiger partial charge >= 0.3 is 0 Å². The van der Waals surface area contributed by atoms with Crippen molar-refractivity contribution < 1.29 is 0 Å². The van der Waals surface area contributed by atoms with Gasteiger partial charge in [0.1, 0.15) is 0 Å². The standard InChI is InChI=1S/C45H30N2/c1-2-8-31-26-36(17-13-29(31)7-1)47-44-28-35(43-27-33-9-3-4-10-37(33)39-11-5-6-12-40(39)43)15-19-41(44)42-20-16-34-25-32(14-18-38(34)45(42)47)30-21-23-46-24-22-30/h1-23,25-28,46H,24H2. The highest BCUT2D eigenvalue weighted by molar-refractivity contribution is 6.20. The van der Waals surface area contributed by atoms with Crippen LogP contribution in [0.25, 0.3) is 87.3 Å². The third-order valence-electron chi connectivity index (χ3n) is 9.97. The summed E-state index contributed by atoms with van der Waals surface area (Å²) in [6, 6.07) is 54.0. The Kier molecular flexibility index (Phi) is 5.67. The molecule has 0 bridgehead atoms. The van der Waals surface area contributed by atoms with E-state index in [2.05, 4.69) is 168 Å². The van der Waals surface area contributed by atoms with Gasteiger partial charge in [-0.1, -0.05) is 121 Å². The molecule has 47 heavy (non-hydrogen) atoms. The van der Waals surface area contributed by atoms with Crippen molar-refractivity contribution in [2.75, 3.05) is 6.54 Å². The van der Waals surface area contributed by atoms with Crippen LogP contribution in [-0.2, 0) is 0 Å². The summed E-state index contributed by atoms with van der Waals surface area (Å²) in [5.41, 5.74) is 8.61. The molecular weight excluding hydrogens is 569 g/mol. The van der Waals surface area contributed by atoms with Gasteiger partial charge in [0.15, 0.2) is 0 Å². The van der Waals surface area contributed by atoms with E-state index >= 15 is 0 Å². The highest BCUT2D eigenvalue weighted by atomic mass is 15.0. The van der Waals surface area contributed by atoms with Crippen LogP contribution in [0.4, 0.5) is 0 Å². The number of nitrogens with one attached hydrogen (secondary N) is 1. The Morgan fingerprint density at radius 3 is 2.04 bits per heavy atom. The fourth-order valence-electron chi connectivity index (χ4n) is 7.73. The molecule has 0 amide bonds. The van der Waals surface area contributed by atoms with Crippen molar-refractivity contribution in [2.24, 2.45) is 0 Å². The average Bonchev–Trinajstić information content (AvgIpc) is 3.48. The van der Waals surface area contributed by atoms with Gasteiger partial charge in [0.2, 0.25) is 0 Å². The number of dihydropyridines is 1. The van der Waals surface area contributed by atoms with Crippen molar-refractivity contribution >= 4 is 70.5 Å². The fourth-order valence-corrected chi connectivity index (χ4v) is 7.73. The number of hydrogen-bond acceptors (Lipinski definition) is 1. The first kappa shape index (κ1) is 26.1. The number of allylic oxidation sites excluding steroid dienone is 2. The van der Waals surface area contributed by atoms with Crippen LogP contribution < -0.4 is 5.32 Å². The maximum absolute atomic E-state index is 3.27. The fraction of sp³-hybridized carbons (Fsp3) is 0.0222. The summed E-state index contributed by atoms with van der Waals surface area (Å²) in [6.45, 7) is 0.855. The Balaban J connectivity index is 1.29. The predicted octanol–water partition coefficient (Wildman–Crippen LogP) is 11.6. The molecule has 1 aliphatic rings. The summed E-state index contributed by atoms with van der Waals surface area (Å²) in [4.78, 5) is 0. The van der Waals surface area contributed by atoms with Crippen LogP contribution >= 0.6 is 0 Å². The molecule has 0 aliphatic carbocycles. The second-order valence-corrected chi connectivity index (χ2v) is 12.6. The summed E-state index contributed by atoms with van der Waals surface area (Å²) in [7, 11) is 0. The molecule has 1 aromatic heterocycles. The SMILES string of the molecule is C1=CC(c2ccc3c(ccc4c5ccc(-c6cc7ccccc7c7ccccc67)cc5n(-c5ccc6ccccc6c5)c34)c2)=CCN1. The van der Waals surface area contributed by atoms with E-state index in [9.17, 15) is 0 Å². The van der Waals surface area contributed by atoms with Gasteiger partial charge in [0.25, 0.3) is 0 Å². The monoisotopic (exact) mass is 598 g/mol. The number of aromatic nitrogens is 1. The van der Waals surface area contributed by atoms with E-state index in [-0.39, 0.29) is 0 Å². The van der Waals surface area contributed by atoms with Gasteiger partial charge in [-0.05, 0) is 103 Å². The van der Waals surface area contributed by atoms with Crippen LogP contribution in [0.1, 0.15) is 5.56 Å². The molecule has 2 heteroatoms. The molecule has 0 fully saturated rings. The molecule has 0 saturated heterocycles. The summed E-state index contributed by atoms with van der Waals surface area (Å²) < 4.78 is 2.50. The van der Waals surface area contributed by atoms with Crippen LogP contribution in [0, 0.1) is 0 Å². The number of nitrogens with zero attached hydrogens (tertiary/aromatic N) is 1.